The minimum absolute atomic E-state index is 0.0946. The Bertz CT molecular complexity index is 1380. The monoisotopic (exact) mass is 608 g/mol. The Hall–Kier alpha value is -2.43. The van der Waals surface area contributed by atoms with Gasteiger partial charge in [0, 0.05) is 17.0 Å². The number of ether oxygens (including phenoxy) is 2. The van der Waals surface area contributed by atoms with Crippen molar-refractivity contribution in [3.8, 4) is 0 Å². The van der Waals surface area contributed by atoms with Gasteiger partial charge in [-0.1, -0.05) is 30.3 Å². The fourth-order valence-electron chi connectivity index (χ4n) is 6.03. The molecule has 40 heavy (non-hydrogen) atoms. The number of hydrogen-bond acceptors (Lipinski definition) is 4. The van der Waals surface area contributed by atoms with Crippen LogP contribution in [0.5, 0.6) is 0 Å². The fraction of sp³-hybridized carbons (Fsp3) is 0.500. The van der Waals surface area contributed by atoms with Crippen LogP contribution >= 0.6 is 0 Å². The number of alkyl halides is 10. The second-order valence-corrected chi connectivity index (χ2v) is 11.5. The van der Waals surface area contributed by atoms with E-state index in [1.165, 1.54) is 30.3 Å². The predicted molar refractivity (Wildman–Crippen MR) is 115 cm³/mol. The van der Waals surface area contributed by atoms with Crippen LogP contribution in [-0.4, -0.2) is 36.4 Å². The molecular weight excluding hydrogens is 590 g/mol. The molecule has 1 aliphatic heterocycles. The molecule has 0 aromatic heterocycles. The Morgan fingerprint density at radius 1 is 0.750 bits per heavy atom. The van der Waals surface area contributed by atoms with E-state index in [1.54, 1.807) is 0 Å². The van der Waals surface area contributed by atoms with Crippen molar-refractivity contribution < 1.29 is 66.3 Å². The minimum Gasteiger partial charge on any atom is -0.336 e. The average Bonchev–Trinajstić information content (AvgIpc) is 3.54. The van der Waals surface area contributed by atoms with Gasteiger partial charge in [0.05, 0.1) is 23.3 Å². The molecule has 0 radical (unpaired) electrons. The van der Waals surface area contributed by atoms with Gasteiger partial charge >= 0.3 is 33.6 Å². The smallest absolute Gasteiger partial charge is 0.336 e. The maximum atomic E-state index is 14.9. The van der Waals surface area contributed by atoms with Gasteiger partial charge in [-0.3, -0.25) is 4.55 Å². The first kappa shape index (κ1) is 29.1. The van der Waals surface area contributed by atoms with Crippen molar-refractivity contribution in [3.63, 3.8) is 0 Å². The maximum absolute atomic E-state index is 14.9. The van der Waals surface area contributed by atoms with Crippen LogP contribution in [0.15, 0.2) is 48.5 Å². The highest BCUT2D eigenvalue weighted by atomic mass is 32.2. The highest BCUT2D eigenvalue weighted by Gasteiger charge is 2.75. The van der Waals surface area contributed by atoms with E-state index in [-0.39, 0.29) is 18.1 Å². The van der Waals surface area contributed by atoms with Crippen LogP contribution in [0.1, 0.15) is 35.1 Å². The molecule has 2 aliphatic carbocycles. The Labute approximate surface area is 219 Å². The predicted octanol–water partition coefficient (Wildman–Crippen LogP) is 6.48. The van der Waals surface area contributed by atoms with Crippen molar-refractivity contribution in [2.75, 3.05) is 0 Å². The van der Waals surface area contributed by atoms with Gasteiger partial charge in [0.1, 0.15) is 0 Å². The highest BCUT2D eigenvalue weighted by molar-refractivity contribution is 7.87. The zero-order valence-electron chi connectivity index (χ0n) is 19.7. The standard InChI is InChI=1S/C24H18F10O5S/c25-21(26,24(33,34)40(35,36)37)17-7-11-6-16(17)19-18(11)38-20(39-19,12-4-2-1-3-5-12)13-8-14(22(27,28)29)10-15(9-13)23(30,31)32/h1-5,8-11,16-19H,6-7H2,(H,35,36,37). The summed E-state index contributed by atoms with van der Waals surface area (Å²) in [6.07, 6.45) is -14.2. The maximum Gasteiger partial charge on any atom is 0.431 e. The van der Waals surface area contributed by atoms with E-state index in [9.17, 15) is 52.3 Å². The summed E-state index contributed by atoms with van der Waals surface area (Å²) >= 11 is 0. The van der Waals surface area contributed by atoms with E-state index >= 15 is 0 Å². The number of hydrogen-bond donors (Lipinski definition) is 1. The van der Waals surface area contributed by atoms with Crippen LogP contribution < -0.4 is 0 Å². The molecule has 6 atom stereocenters. The van der Waals surface area contributed by atoms with Crippen molar-refractivity contribution in [2.24, 2.45) is 17.8 Å². The third-order valence-electron chi connectivity index (χ3n) is 7.76. The van der Waals surface area contributed by atoms with E-state index in [1.807, 2.05) is 0 Å². The second-order valence-electron chi connectivity index (χ2n) is 10.1. The van der Waals surface area contributed by atoms with Crippen LogP contribution in [0.25, 0.3) is 0 Å². The van der Waals surface area contributed by atoms with Crippen LogP contribution in [-0.2, 0) is 37.7 Å². The van der Waals surface area contributed by atoms with Crippen molar-refractivity contribution >= 4 is 10.1 Å². The lowest BCUT2D eigenvalue weighted by molar-refractivity contribution is -0.212. The molecule has 2 aromatic carbocycles. The molecule has 3 fully saturated rings. The topological polar surface area (TPSA) is 72.8 Å². The first-order chi connectivity index (χ1) is 18.2. The average molecular weight is 608 g/mol. The summed E-state index contributed by atoms with van der Waals surface area (Å²) in [5, 5.41) is -5.87. The van der Waals surface area contributed by atoms with Crippen LogP contribution in [0.4, 0.5) is 43.9 Å². The summed E-state index contributed by atoms with van der Waals surface area (Å²) in [5.74, 6) is -12.6. The minimum atomic E-state index is -6.55. The van der Waals surface area contributed by atoms with Gasteiger partial charge < -0.3 is 9.47 Å². The summed E-state index contributed by atoms with van der Waals surface area (Å²) in [4.78, 5) is 0. The van der Waals surface area contributed by atoms with Gasteiger partial charge in [0.15, 0.2) is 0 Å². The fourth-order valence-corrected chi connectivity index (χ4v) is 6.52. The largest absolute Gasteiger partial charge is 0.431 e. The van der Waals surface area contributed by atoms with E-state index in [2.05, 4.69) is 0 Å². The molecule has 2 bridgehead atoms. The van der Waals surface area contributed by atoms with Crippen molar-refractivity contribution in [3.05, 3.63) is 70.8 Å². The molecule has 3 aliphatic rings. The molecule has 0 spiro atoms. The number of benzene rings is 2. The SMILES string of the molecule is O=S(=O)(O)C(F)(F)C(F)(F)C1CC2CC1C1OC(c3ccccc3)(c3cc(C(F)(F)F)cc(C(F)(F)F)c3)OC21. The first-order valence-electron chi connectivity index (χ1n) is 11.6. The first-order valence-corrected chi connectivity index (χ1v) is 13.1. The molecule has 5 nitrogen and oxygen atoms in total. The van der Waals surface area contributed by atoms with Gasteiger partial charge in [-0.2, -0.15) is 52.3 Å². The molecular formula is C24H18F10O5S. The van der Waals surface area contributed by atoms with E-state index < -0.39 is 92.5 Å². The Balaban J connectivity index is 1.62. The molecule has 6 unspecified atom stereocenters. The van der Waals surface area contributed by atoms with E-state index in [4.69, 9.17) is 14.0 Å². The van der Waals surface area contributed by atoms with Crippen molar-refractivity contribution in [2.45, 2.75) is 54.4 Å². The van der Waals surface area contributed by atoms with Crippen LogP contribution in [0.2, 0.25) is 0 Å². The summed E-state index contributed by atoms with van der Waals surface area (Å²) in [6.45, 7) is 0. The molecule has 16 heteroatoms. The molecule has 1 heterocycles. The third kappa shape index (κ3) is 4.29. The summed E-state index contributed by atoms with van der Waals surface area (Å²) in [6, 6.07) is 7.34. The summed E-state index contributed by atoms with van der Waals surface area (Å²) in [7, 11) is -6.55. The molecule has 0 amide bonds. The lowest BCUT2D eigenvalue weighted by Gasteiger charge is -2.36. The Morgan fingerprint density at radius 3 is 1.77 bits per heavy atom. The number of fused-ring (bicyclic) bond motifs is 5. The number of rotatable bonds is 5. The molecule has 2 saturated carbocycles. The number of halogens is 10. The summed E-state index contributed by atoms with van der Waals surface area (Å²) in [5.41, 5.74) is -4.25. The van der Waals surface area contributed by atoms with Gasteiger partial charge in [-0.05, 0) is 42.9 Å². The molecule has 220 valence electrons. The molecule has 1 N–H and O–H groups in total. The third-order valence-corrected chi connectivity index (χ3v) is 8.68. The lowest BCUT2D eigenvalue weighted by Crippen LogP contribution is -2.55. The van der Waals surface area contributed by atoms with E-state index in [0.717, 1.165) is 0 Å². The van der Waals surface area contributed by atoms with Crippen LogP contribution in [0, 0.1) is 17.8 Å². The highest BCUT2D eigenvalue weighted by Crippen LogP contribution is 2.64. The van der Waals surface area contributed by atoms with Crippen molar-refractivity contribution in [1.29, 1.82) is 0 Å². The Morgan fingerprint density at radius 2 is 1.27 bits per heavy atom. The Kier molecular flexibility index (Phi) is 6.39. The van der Waals surface area contributed by atoms with Gasteiger partial charge in [-0.15, -0.1) is 0 Å². The zero-order valence-corrected chi connectivity index (χ0v) is 20.5. The molecule has 5 rings (SSSR count). The normalized spacial score (nSPS) is 31.0. The van der Waals surface area contributed by atoms with Gasteiger partial charge in [0.2, 0.25) is 5.79 Å². The van der Waals surface area contributed by atoms with Crippen LogP contribution in [0.3, 0.4) is 0 Å². The molecule has 1 saturated heterocycles. The van der Waals surface area contributed by atoms with Gasteiger partial charge in [0.25, 0.3) is 0 Å². The molecule has 2 aromatic rings. The second kappa shape index (κ2) is 8.79. The van der Waals surface area contributed by atoms with Gasteiger partial charge in [-0.25, -0.2) is 0 Å². The quantitative estimate of drug-likeness (QED) is 0.311. The zero-order chi connectivity index (χ0) is 29.7. The van der Waals surface area contributed by atoms with E-state index in [0.29, 0.717) is 12.1 Å². The van der Waals surface area contributed by atoms with Crippen molar-refractivity contribution in [1.82, 2.24) is 0 Å². The summed E-state index contributed by atoms with van der Waals surface area (Å²) < 4.78 is 183. The lowest BCUT2D eigenvalue weighted by atomic mass is 9.81.